The number of hydrogen-bond acceptors (Lipinski definition) is 16. The van der Waals surface area contributed by atoms with Crippen molar-refractivity contribution in [2.45, 2.75) is 0 Å². The monoisotopic (exact) mass is 800 g/mol. The molecule has 0 spiro atoms. The van der Waals surface area contributed by atoms with E-state index in [1.54, 1.807) is 0 Å². The van der Waals surface area contributed by atoms with Gasteiger partial charge in [-0.05, 0) is 24.3 Å². The van der Waals surface area contributed by atoms with Crippen LogP contribution in [-0.4, -0.2) is 185 Å². The van der Waals surface area contributed by atoms with Gasteiger partial charge in [0, 0.05) is 0 Å². The first-order chi connectivity index (χ1) is 27.9. The van der Waals surface area contributed by atoms with Crippen LogP contribution in [0.1, 0.15) is 0 Å². The highest BCUT2D eigenvalue weighted by atomic mass is 16.6. The lowest BCUT2D eigenvalue weighted by molar-refractivity contribution is -0.0193. The molecule has 56 heavy (non-hydrogen) atoms. The van der Waals surface area contributed by atoms with Gasteiger partial charge in [-0.25, -0.2) is 0 Å². The van der Waals surface area contributed by atoms with Gasteiger partial charge in [-0.15, -0.1) is 0 Å². The van der Waals surface area contributed by atoms with Crippen LogP contribution >= 0.6 is 0 Å². The molecule has 16 heteroatoms. The van der Waals surface area contributed by atoms with Gasteiger partial charge in [0.2, 0.25) is 0 Å². The fraction of sp³-hybridized carbons (Fsp3) is 0.700. The van der Waals surface area contributed by atoms with Gasteiger partial charge in [0.25, 0.3) is 0 Å². The number of fused-ring (bicyclic) bond motifs is 2. The Kier molecular flexibility index (Phi) is 31.0. The Morgan fingerprint density at radius 2 is 0.304 bits per heavy atom. The predicted octanol–water partition coefficient (Wildman–Crippen LogP) is 3.11. The first kappa shape index (κ1) is 47.5. The average Bonchev–Trinajstić information content (AvgIpc) is 3.22. The third-order valence-corrected chi connectivity index (χ3v) is 7.36. The minimum absolute atomic E-state index is 0.389. The Balaban J connectivity index is 1.24. The van der Waals surface area contributed by atoms with E-state index in [9.17, 15) is 0 Å². The summed E-state index contributed by atoms with van der Waals surface area (Å²) in [6, 6.07) is 15.0. The fourth-order valence-corrected chi connectivity index (χ4v) is 4.62. The molecule has 320 valence electrons. The predicted molar refractivity (Wildman–Crippen MR) is 205 cm³/mol. The van der Waals surface area contributed by atoms with E-state index in [2.05, 4.69) is 0 Å². The van der Waals surface area contributed by atoms with E-state index in [0.717, 1.165) is 0 Å². The van der Waals surface area contributed by atoms with Crippen molar-refractivity contribution in [2.24, 2.45) is 0 Å². The molecule has 2 aromatic rings. The molecule has 0 aromatic heterocycles. The second kappa shape index (κ2) is 36.5. The van der Waals surface area contributed by atoms with E-state index in [1.807, 2.05) is 48.5 Å². The molecule has 0 fully saturated rings. The van der Waals surface area contributed by atoms with E-state index < -0.39 is 0 Å². The normalized spacial score (nSPS) is 20.7. The summed E-state index contributed by atoms with van der Waals surface area (Å²) in [4.78, 5) is 0. The van der Waals surface area contributed by atoms with Crippen molar-refractivity contribution < 1.29 is 75.8 Å². The minimum atomic E-state index is 0.389. The average molecular weight is 801 g/mol. The van der Waals surface area contributed by atoms with E-state index >= 15 is 0 Å². The van der Waals surface area contributed by atoms with Crippen LogP contribution in [-0.2, 0) is 56.8 Å². The summed E-state index contributed by atoms with van der Waals surface area (Å²) >= 11 is 0. The number of hydrogen-bond donors (Lipinski definition) is 0. The molecule has 0 aliphatic carbocycles. The van der Waals surface area contributed by atoms with E-state index in [4.69, 9.17) is 75.8 Å². The van der Waals surface area contributed by atoms with E-state index in [1.165, 1.54) is 0 Å². The molecule has 1 heterocycles. The minimum Gasteiger partial charge on any atom is -0.487 e. The highest BCUT2D eigenvalue weighted by molar-refractivity contribution is 5.40. The van der Waals surface area contributed by atoms with Gasteiger partial charge in [0.05, 0.1) is 159 Å². The van der Waals surface area contributed by atoms with Gasteiger partial charge >= 0.3 is 0 Å². The van der Waals surface area contributed by atoms with Gasteiger partial charge < -0.3 is 75.8 Å². The quantitative estimate of drug-likeness (QED) is 0.384. The van der Waals surface area contributed by atoms with Gasteiger partial charge in [0.1, 0.15) is 26.4 Å². The molecule has 0 saturated carbocycles. The van der Waals surface area contributed by atoms with E-state index in [0.29, 0.717) is 208 Å². The second-order valence-corrected chi connectivity index (χ2v) is 11.6. The maximum Gasteiger partial charge on any atom is 0.161 e. The Labute approximate surface area is 332 Å². The maximum absolute atomic E-state index is 5.85. The Morgan fingerprint density at radius 1 is 0.179 bits per heavy atom. The molecule has 0 saturated heterocycles. The van der Waals surface area contributed by atoms with Crippen molar-refractivity contribution in [1.29, 1.82) is 0 Å². The van der Waals surface area contributed by atoms with Crippen LogP contribution in [0.15, 0.2) is 48.5 Å². The van der Waals surface area contributed by atoms with Gasteiger partial charge in [-0.1, -0.05) is 24.3 Å². The van der Waals surface area contributed by atoms with Gasteiger partial charge in [-0.2, -0.15) is 0 Å². The molecule has 0 radical (unpaired) electrons. The SMILES string of the molecule is c1ccc2c(c1)OCCOCCOCCOCCOCCOCCOCCOc1ccccc1OCCOCCOCCOCCOCCOCCOCCO2. The van der Waals surface area contributed by atoms with Crippen molar-refractivity contribution in [1.82, 2.24) is 0 Å². The topological polar surface area (TPSA) is 148 Å². The van der Waals surface area contributed by atoms with Crippen LogP contribution in [0.2, 0.25) is 0 Å². The zero-order chi connectivity index (χ0) is 39.1. The highest BCUT2D eigenvalue weighted by Crippen LogP contribution is 2.27. The number of para-hydroxylation sites is 4. The zero-order valence-electron chi connectivity index (χ0n) is 32.9. The molecule has 0 N–H and O–H groups in total. The molecule has 0 amide bonds. The van der Waals surface area contributed by atoms with Crippen molar-refractivity contribution in [2.75, 3.05) is 185 Å². The lowest BCUT2D eigenvalue weighted by atomic mass is 10.3. The Hall–Kier alpha value is -2.84. The number of ether oxygens (including phenoxy) is 16. The van der Waals surface area contributed by atoms with E-state index in [-0.39, 0.29) is 0 Å². The largest absolute Gasteiger partial charge is 0.487 e. The maximum atomic E-state index is 5.85. The summed E-state index contributed by atoms with van der Waals surface area (Å²) in [6.07, 6.45) is 0. The van der Waals surface area contributed by atoms with Crippen LogP contribution < -0.4 is 18.9 Å². The number of rotatable bonds is 0. The van der Waals surface area contributed by atoms with Crippen LogP contribution in [0.25, 0.3) is 0 Å². The van der Waals surface area contributed by atoms with Crippen LogP contribution in [0.3, 0.4) is 0 Å². The molecule has 0 unspecified atom stereocenters. The summed E-state index contributed by atoms with van der Waals surface area (Å²) in [5.41, 5.74) is 0. The van der Waals surface area contributed by atoms with Gasteiger partial charge in [-0.3, -0.25) is 0 Å². The summed E-state index contributed by atoms with van der Waals surface area (Å²) in [7, 11) is 0. The molecule has 0 atom stereocenters. The van der Waals surface area contributed by atoms with Crippen molar-refractivity contribution in [3.8, 4) is 23.0 Å². The molecule has 1 aliphatic rings. The first-order valence-electron chi connectivity index (χ1n) is 19.6. The van der Waals surface area contributed by atoms with Crippen LogP contribution in [0.5, 0.6) is 23.0 Å². The van der Waals surface area contributed by atoms with Crippen LogP contribution in [0, 0.1) is 0 Å². The molecule has 3 rings (SSSR count). The van der Waals surface area contributed by atoms with Crippen molar-refractivity contribution in [3.05, 3.63) is 48.5 Å². The molecular weight excluding hydrogens is 736 g/mol. The smallest absolute Gasteiger partial charge is 0.161 e. The van der Waals surface area contributed by atoms with Crippen molar-refractivity contribution in [3.63, 3.8) is 0 Å². The van der Waals surface area contributed by atoms with Crippen LogP contribution in [0.4, 0.5) is 0 Å². The molecule has 2 aromatic carbocycles. The third kappa shape index (κ3) is 26.9. The lowest BCUT2D eigenvalue weighted by Gasteiger charge is -2.13. The second-order valence-electron chi connectivity index (χ2n) is 11.6. The summed E-state index contributed by atoms with van der Waals surface area (Å²) in [6.45, 7) is 12.8. The lowest BCUT2D eigenvalue weighted by Crippen LogP contribution is -2.16. The Morgan fingerprint density at radius 3 is 0.446 bits per heavy atom. The standard InChI is InChI=1S/C40H64O16/c1-2-6-38-37(5-1)53-33-29-49-25-21-45-17-13-41-9-10-43-15-19-47-23-27-51-31-35-55-39-7-3-4-8-40(39)56-36-32-52-28-24-48-20-16-44-12-11-42-14-18-46-22-26-50-30-34-54-38/h1-8H,9-36H2. The van der Waals surface area contributed by atoms with Crippen molar-refractivity contribution >= 4 is 0 Å². The highest BCUT2D eigenvalue weighted by Gasteiger charge is 2.06. The molecule has 16 nitrogen and oxygen atoms in total. The third-order valence-electron chi connectivity index (χ3n) is 7.36. The zero-order valence-corrected chi connectivity index (χ0v) is 32.9. The molecule has 0 bridgehead atoms. The summed E-state index contributed by atoms with van der Waals surface area (Å²) < 4.78 is 90.2. The number of benzene rings is 2. The summed E-state index contributed by atoms with van der Waals surface area (Å²) in [5.74, 6) is 2.61. The summed E-state index contributed by atoms with van der Waals surface area (Å²) in [5, 5.41) is 0. The first-order valence-corrected chi connectivity index (χ1v) is 19.6. The Bertz CT molecular complexity index is 972. The molecule has 1 aliphatic heterocycles. The fourth-order valence-electron chi connectivity index (χ4n) is 4.62. The molecular formula is C40H64O16. The van der Waals surface area contributed by atoms with Gasteiger partial charge in [0.15, 0.2) is 23.0 Å².